The van der Waals surface area contributed by atoms with Gasteiger partial charge in [0.2, 0.25) is 11.9 Å². The summed E-state index contributed by atoms with van der Waals surface area (Å²) in [4.78, 5) is 16.3. The Balaban J connectivity index is 1.52. The van der Waals surface area contributed by atoms with Crippen LogP contribution in [0.15, 0.2) is 54.9 Å². The maximum absolute atomic E-state index is 13.2. The Bertz CT molecular complexity index is 1010. The van der Waals surface area contributed by atoms with Crippen LogP contribution < -0.4 is 5.32 Å². The quantitative estimate of drug-likeness (QED) is 0.736. The highest BCUT2D eigenvalue weighted by molar-refractivity contribution is 6.00. The predicted molar refractivity (Wildman–Crippen MR) is 92.0 cm³/mol. The number of aromatic nitrogens is 3. The fourth-order valence-corrected chi connectivity index (χ4v) is 2.94. The summed E-state index contributed by atoms with van der Waals surface area (Å²) in [5.74, 6) is -0.332. The summed E-state index contributed by atoms with van der Waals surface area (Å²) in [6.45, 7) is 0. The third-order valence-corrected chi connectivity index (χ3v) is 4.56. The van der Waals surface area contributed by atoms with E-state index in [0.29, 0.717) is 17.1 Å². The van der Waals surface area contributed by atoms with Crippen LogP contribution in [0.4, 0.5) is 10.2 Å². The van der Waals surface area contributed by atoms with Crippen LogP contribution in [0, 0.1) is 17.3 Å². The van der Waals surface area contributed by atoms with E-state index in [1.807, 2.05) is 12.1 Å². The van der Waals surface area contributed by atoms with Gasteiger partial charge in [-0.1, -0.05) is 12.1 Å². The first-order valence-corrected chi connectivity index (χ1v) is 8.10. The van der Waals surface area contributed by atoms with E-state index in [0.717, 1.165) is 18.4 Å². The lowest BCUT2D eigenvalue weighted by atomic mass is 9.94. The van der Waals surface area contributed by atoms with Gasteiger partial charge in [0.05, 0.1) is 22.7 Å². The first-order chi connectivity index (χ1) is 12.6. The zero-order valence-electron chi connectivity index (χ0n) is 13.7. The number of pyridine rings is 1. The molecule has 6 nitrogen and oxygen atoms in total. The molecular formula is C19H14FN5O. The standard InChI is InChI=1S/C19H14FN5O/c20-16-11-15(5-9-22-16)25-10-6-17(24-25)23-18(26)19(7-8-19)14-3-1-13(12-21)2-4-14/h1-6,9-11H,7-8H2,(H,23,24,26). The Labute approximate surface area is 148 Å². The van der Waals surface area contributed by atoms with Crippen molar-refractivity contribution in [3.8, 4) is 11.8 Å². The number of carbonyl (C=O) groups is 1. The van der Waals surface area contributed by atoms with E-state index in [2.05, 4.69) is 21.5 Å². The Morgan fingerprint density at radius 2 is 2.00 bits per heavy atom. The first kappa shape index (κ1) is 16.0. The molecule has 3 aromatic rings. The lowest BCUT2D eigenvalue weighted by Gasteiger charge is -2.14. The maximum atomic E-state index is 13.2. The number of benzene rings is 1. The second-order valence-corrected chi connectivity index (χ2v) is 6.21. The number of amides is 1. The monoisotopic (exact) mass is 347 g/mol. The summed E-state index contributed by atoms with van der Waals surface area (Å²) >= 11 is 0. The molecule has 0 spiro atoms. The van der Waals surface area contributed by atoms with Gasteiger partial charge in [-0.15, -0.1) is 0 Å². The van der Waals surface area contributed by atoms with Gasteiger partial charge in [0, 0.05) is 24.5 Å². The Kier molecular flexibility index (Phi) is 3.73. The van der Waals surface area contributed by atoms with Crippen molar-refractivity contribution in [2.75, 3.05) is 5.32 Å². The van der Waals surface area contributed by atoms with Gasteiger partial charge in [-0.05, 0) is 36.6 Å². The van der Waals surface area contributed by atoms with Crippen LogP contribution in [0.25, 0.3) is 5.69 Å². The fourth-order valence-electron chi connectivity index (χ4n) is 2.94. The lowest BCUT2D eigenvalue weighted by molar-refractivity contribution is -0.118. The van der Waals surface area contributed by atoms with Crippen molar-refractivity contribution >= 4 is 11.7 Å². The average molecular weight is 347 g/mol. The molecule has 128 valence electrons. The molecule has 0 aliphatic heterocycles. The number of hydrogen-bond donors (Lipinski definition) is 1. The minimum atomic E-state index is -0.596. The van der Waals surface area contributed by atoms with Crippen LogP contribution >= 0.6 is 0 Å². The van der Waals surface area contributed by atoms with Gasteiger partial charge in [-0.25, -0.2) is 9.67 Å². The number of carbonyl (C=O) groups excluding carboxylic acids is 1. The number of hydrogen-bond acceptors (Lipinski definition) is 4. The fraction of sp³-hybridized carbons (Fsp3) is 0.158. The minimum Gasteiger partial charge on any atom is -0.308 e. The highest BCUT2D eigenvalue weighted by atomic mass is 19.1. The van der Waals surface area contributed by atoms with Crippen LogP contribution in [0.3, 0.4) is 0 Å². The van der Waals surface area contributed by atoms with Gasteiger partial charge < -0.3 is 5.32 Å². The second-order valence-electron chi connectivity index (χ2n) is 6.21. The largest absolute Gasteiger partial charge is 0.308 e. The molecule has 1 aromatic carbocycles. The van der Waals surface area contributed by atoms with Gasteiger partial charge in [0.1, 0.15) is 0 Å². The zero-order chi connectivity index (χ0) is 18.1. The predicted octanol–water partition coefficient (Wildman–Crippen LogP) is 2.95. The maximum Gasteiger partial charge on any atom is 0.236 e. The molecule has 0 atom stereocenters. The molecule has 1 amide bonds. The third kappa shape index (κ3) is 2.82. The molecule has 1 N–H and O–H groups in total. The summed E-state index contributed by atoms with van der Waals surface area (Å²) in [5, 5.41) is 16.0. The molecule has 1 aliphatic carbocycles. The average Bonchev–Trinajstić information content (AvgIpc) is 3.35. The van der Waals surface area contributed by atoms with Crippen molar-refractivity contribution < 1.29 is 9.18 Å². The van der Waals surface area contributed by atoms with Gasteiger partial charge in [-0.2, -0.15) is 14.8 Å². The summed E-state index contributed by atoms with van der Waals surface area (Å²) < 4.78 is 14.7. The van der Waals surface area contributed by atoms with Crippen molar-refractivity contribution in [2.45, 2.75) is 18.3 Å². The molecule has 7 heteroatoms. The molecule has 0 bridgehead atoms. The Hall–Kier alpha value is -3.53. The van der Waals surface area contributed by atoms with E-state index in [4.69, 9.17) is 5.26 Å². The molecule has 2 heterocycles. The number of nitrogens with one attached hydrogen (secondary N) is 1. The summed E-state index contributed by atoms with van der Waals surface area (Å²) in [7, 11) is 0. The number of nitrogens with zero attached hydrogens (tertiary/aromatic N) is 4. The summed E-state index contributed by atoms with van der Waals surface area (Å²) in [6.07, 6.45) is 4.50. The highest BCUT2D eigenvalue weighted by Crippen LogP contribution is 2.49. The van der Waals surface area contributed by atoms with Crippen LogP contribution in [0.2, 0.25) is 0 Å². The third-order valence-electron chi connectivity index (χ3n) is 4.56. The van der Waals surface area contributed by atoms with Gasteiger partial charge in [-0.3, -0.25) is 4.79 Å². The van der Waals surface area contributed by atoms with Crippen LogP contribution in [0.1, 0.15) is 24.0 Å². The molecule has 4 rings (SSSR count). The van der Waals surface area contributed by atoms with Gasteiger partial charge >= 0.3 is 0 Å². The minimum absolute atomic E-state index is 0.131. The number of nitriles is 1. The van der Waals surface area contributed by atoms with E-state index < -0.39 is 11.4 Å². The van der Waals surface area contributed by atoms with Crippen molar-refractivity contribution in [2.24, 2.45) is 0 Å². The molecular weight excluding hydrogens is 333 g/mol. The van der Waals surface area contributed by atoms with Crippen molar-refractivity contribution in [1.29, 1.82) is 5.26 Å². The molecule has 0 radical (unpaired) electrons. The number of anilines is 1. The van der Waals surface area contributed by atoms with Crippen molar-refractivity contribution in [3.63, 3.8) is 0 Å². The van der Waals surface area contributed by atoms with Gasteiger partial charge in [0.15, 0.2) is 5.82 Å². The van der Waals surface area contributed by atoms with E-state index >= 15 is 0 Å². The molecule has 1 fully saturated rings. The summed E-state index contributed by atoms with van der Waals surface area (Å²) in [5.41, 5.74) is 1.41. The smallest absolute Gasteiger partial charge is 0.236 e. The van der Waals surface area contributed by atoms with Crippen LogP contribution in [-0.4, -0.2) is 20.7 Å². The van der Waals surface area contributed by atoms with Crippen molar-refractivity contribution in [3.05, 3.63) is 71.9 Å². The molecule has 1 aliphatic rings. The Morgan fingerprint density at radius 3 is 2.65 bits per heavy atom. The van der Waals surface area contributed by atoms with Crippen LogP contribution in [0.5, 0.6) is 0 Å². The van der Waals surface area contributed by atoms with E-state index in [9.17, 15) is 9.18 Å². The topological polar surface area (TPSA) is 83.6 Å². The zero-order valence-corrected chi connectivity index (χ0v) is 13.7. The highest BCUT2D eigenvalue weighted by Gasteiger charge is 2.51. The van der Waals surface area contributed by atoms with E-state index in [1.54, 1.807) is 30.5 Å². The normalized spacial score (nSPS) is 14.5. The molecule has 1 saturated carbocycles. The van der Waals surface area contributed by atoms with Crippen molar-refractivity contribution in [1.82, 2.24) is 14.8 Å². The lowest BCUT2D eigenvalue weighted by Crippen LogP contribution is -2.28. The molecule has 0 saturated heterocycles. The molecule has 0 unspecified atom stereocenters. The second kappa shape index (κ2) is 6.08. The van der Waals surface area contributed by atoms with Gasteiger partial charge in [0.25, 0.3) is 0 Å². The SMILES string of the molecule is N#Cc1ccc(C2(C(=O)Nc3ccn(-c4ccnc(F)c4)n3)CC2)cc1. The number of halogens is 1. The molecule has 2 aromatic heterocycles. The van der Waals surface area contributed by atoms with E-state index in [1.165, 1.54) is 16.9 Å². The first-order valence-electron chi connectivity index (χ1n) is 8.10. The summed E-state index contributed by atoms with van der Waals surface area (Å²) in [6, 6.07) is 13.7. The van der Waals surface area contributed by atoms with Crippen LogP contribution in [-0.2, 0) is 10.2 Å². The van der Waals surface area contributed by atoms with E-state index in [-0.39, 0.29) is 5.91 Å². The molecule has 26 heavy (non-hydrogen) atoms. The Morgan fingerprint density at radius 1 is 1.23 bits per heavy atom. The number of rotatable bonds is 4.